The fraction of sp³-hybridized carbons (Fsp3) is 0.318. The Bertz CT molecular complexity index is 1010. The summed E-state index contributed by atoms with van der Waals surface area (Å²) in [6.07, 6.45) is 1.15. The van der Waals surface area contributed by atoms with Crippen LogP contribution in [0.25, 0.3) is 5.69 Å². The summed E-state index contributed by atoms with van der Waals surface area (Å²) in [5.74, 6) is 0. The summed E-state index contributed by atoms with van der Waals surface area (Å²) in [4.78, 5) is 26.3. The summed E-state index contributed by atoms with van der Waals surface area (Å²) in [6, 6.07) is 17.2. The van der Waals surface area contributed by atoms with Gasteiger partial charge in [-0.25, -0.2) is 18.8 Å². The molecule has 0 atom stereocenters. The van der Waals surface area contributed by atoms with Crippen molar-refractivity contribution in [3.63, 3.8) is 0 Å². The third kappa shape index (κ3) is 5.34. The van der Waals surface area contributed by atoms with E-state index in [1.807, 2.05) is 75.4 Å². The van der Waals surface area contributed by atoms with Crippen molar-refractivity contribution < 1.29 is 9.53 Å². The van der Waals surface area contributed by atoms with E-state index in [9.17, 15) is 9.59 Å². The number of carbonyl (C=O) groups excluding carboxylic acids is 1. The summed E-state index contributed by atoms with van der Waals surface area (Å²) >= 11 is 0. The fourth-order valence-electron chi connectivity index (χ4n) is 2.82. The summed E-state index contributed by atoms with van der Waals surface area (Å²) < 4.78 is 8.30. The molecule has 0 bridgehead atoms. The van der Waals surface area contributed by atoms with Crippen LogP contribution in [0.1, 0.15) is 31.9 Å². The molecule has 7 heteroatoms. The molecule has 0 saturated carbocycles. The van der Waals surface area contributed by atoms with E-state index >= 15 is 0 Å². The third-order valence-corrected chi connectivity index (χ3v) is 4.25. The molecular weight excluding hydrogens is 368 g/mol. The highest BCUT2D eigenvalue weighted by Crippen LogP contribution is 2.13. The Morgan fingerprint density at radius 3 is 2.31 bits per heavy atom. The van der Waals surface area contributed by atoms with Crippen molar-refractivity contribution in [3.05, 3.63) is 82.5 Å². The molecule has 0 aliphatic heterocycles. The van der Waals surface area contributed by atoms with Gasteiger partial charge in [0.2, 0.25) is 0 Å². The van der Waals surface area contributed by atoms with Crippen LogP contribution in [-0.4, -0.2) is 38.0 Å². The Balaban J connectivity index is 1.69. The van der Waals surface area contributed by atoms with Gasteiger partial charge in [-0.15, -0.1) is 0 Å². The maximum atomic E-state index is 12.7. The molecule has 152 valence electrons. The Hall–Kier alpha value is -3.35. The zero-order valence-electron chi connectivity index (χ0n) is 17.2. The minimum Gasteiger partial charge on any atom is -0.444 e. The lowest BCUT2D eigenvalue weighted by Gasteiger charge is -2.24. The van der Waals surface area contributed by atoms with Crippen molar-refractivity contribution in [1.82, 2.24) is 19.2 Å². The minimum atomic E-state index is -0.531. The molecule has 0 unspecified atom stereocenters. The van der Waals surface area contributed by atoms with Gasteiger partial charge in [-0.2, -0.15) is 5.10 Å². The third-order valence-electron chi connectivity index (χ3n) is 4.25. The van der Waals surface area contributed by atoms with Crippen LogP contribution in [-0.2, 0) is 17.8 Å². The van der Waals surface area contributed by atoms with Gasteiger partial charge in [0.1, 0.15) is 11.9 Å². The molecule has 1 aromatic heterocycles. The zero-order chi connectivity index (χ0) is 21.0. The van der Waals surface area contributed by atoms with Crippen LogP contribution in [0.15, 0.2) is 65.7 Å². The zero-order valence-corrected chi connectivity index (χ0v) is 17.2. The molecule has 0 spiro atoms. The number of amides is 1. The van der Waals surface area contributed by atoms with E-state index in [2.05, 4.69) is 5.10 Å². The molecular formula is C22H26N4O3. The van der Waals surface area contributed by atoms with Gasteiger partial charge >= 0.3 is 11.8 Å². The highest BCUT2D eigenvalue weighted by molar-refractivity contribution is 5.67. The van der Waals surface area contributed by atoms with E-state index in [-0.39, 0.29) is 11.8 Å². The molecule has 3 rings (SSSR count). The largest absolute Gasteiger partial charge is 0.444 e. The Labute approximate surface area is 170 Å². The number of ether oxygens (including phenoxy) is 1. The Morgan fingerprint density at radius 1 is 1.03 bits per heavy atom. The lowest BCUT2D eigenvalue weighted by atomic mass is 10.2. The van der Waals surface area contributed by atoms with Crippen LogP contribution >= 0.6 is 0 Å². The average Bonchev–Trinajstić information content (AvgIpc) is 3.02. The quantitative estimate of drug-likeness (QED) is 0.665. The topological polar surface area (TPSA) is 69.4 Å². The van der Waals surface area contributed by atoms with E-state index in [1.54, 1.807) is 7.05 Å². The van der Waals surface area contributed by atoms with Gasteiger partial charge in [0.15, 0.2) is 0 Å². The van der Waals surface area contributed by atoms with Crippen molar-refractivity contribution >= 4 is 6.09 Å². The van der Waals surface area contributed by atoms with Crippen molar-refractivity contribution in [2.24, 2.45) is 0 Å². The first-order valence-electron chi connectivity index (χ1n) is 9.45. The molecule has 0 saturated heterocycles. The van der Waals surface area contributed by atoms with Gasteiger partial charge in [0, 0.05) is 13.6 Å². The number of benzene rings is 2. The molecule has 29 heavy (non-hydrogen) atoms. The van der Waals surface area contributed by atoms with Crippen LogP contribution < -0.4 is 5.69 Å². The summed E-state index contributed by atoms with van der Waals surface area (Å²) in [7, 11) is 1.69. The van der Waals surface area contributed by atoms with Crippen LogP contribution in [0.2, 0.25) is 0 Å². The predicted molar refractivity (Wildman–Crippen MR) is 111 cm³/mol. The molecule has 0 radical (unpaired) electrons. The predicted octanol–water partition coefficient (Wildman–Crippen LogP) is 3.45. The average molecular weight is 394 g/mol. The molecule has 1 heterocycles. The summed E-state index contributed by atoms with van der Waals surface area (Å²) in [5.41, 5.74) is 1.94. The number of aromatic nitrogens is 3. The number of hydrogen-bond donors (Lipinski definition) is 0. The number of rotatable bonds is 5. The highest BCUT2D eigenvalue weighted by atomic mass is 16.6. The van der Waals surface area contributed by atoms with Gasteiger partial charge in [0.25, 0.3) is 0 Å². The standard InChI is InChI=1S/C22H26N4O3/c1-22(2,3)29-21(28)24(4)14-18-10-12-19(13-11-18)25-16-23-26(20(25)27)15-17-8-6-5-7-9-17/h5-13,16H,14-15H2,1-4H3. The molecule has 7 nitrogen and oxygen atoms in total. The maximum Gasteiger partial charge on any atom is 0.410 e. The van der Waals surface area contributed by atoms with Gasteiger partial charge in [-0.1, -0.05) is 42.5 Å². The molecule has 0 N–H and O–H groups in total. The fourth-order valence-corrected chi connectivity index (χ4v) is 2.82. The molecule has 3 aromatic rings. The van der Waals surface area contributed by atoms with Crippen molar-refractivity contribution in [1.29, 1.82) is 0 Å². The maximum absolute atomic E-state index is 12.7. The minimum absolute atomic E-state index is 0.201. The van der Waals surface area contributed by atoms with E-state index in [1.165, 1.54) is 20.5 Å². The SMILES string of the molecule is CN(Cc1ccc(-n2cnn(Cc3ccccc3)c2=O)cc1)C(=O)OC(C)(C)C. The lowest BCUT2D eigenvalue weighted by Crippen LogP contribution is -2.33. The van der Waals surface area contributed by atoms with Crippen molar-refractivity contribution in [3.8, 4) is 5.69 Å². The molecule has 0 aliphatic rings. The van der Waals surface area contributed by atoms with E-state index < -0.39 is 5.60 Å². The second kappa shape index (κ2) is 8.34. The first-order valence-corrected chi connectivity index (χ1v) is 9.45. The summed E-state index contributed by atoms with van der Waals surface area (Å²) in [5, 5.41) is 4.21. The molecule has 0 aliphatic carbocycles. The van der Waals surface area contributed by atoms with Crippen molar-refractivity contribution in [2.45, 2.75) is 39.5 Å². The Morgan fingerprint density at radius 2 is 1.69 bits per heavy atom. The molecule has 2 aromatic carbocycles. The van der Waals surface area contributed by atoms with Gasteiger partial charge in [0.05, 0.1) is 12.2 Å². The smallest absolute Gasteiger partial charge is 0.410 e. The van der Waals surface area contributed by atoms with Gasteiger partial charge in [-0.3, -0.25) is 0 Å². The first-order chi connectivity index (χ1) is 13.7. The van der Waals surface area contributed by atoms with Crippen LogP contribution in [0, 0.1) is 0 Å². The van der Waals surface area contributed by atoms with E-state index in [0.717, 1.165) is 16.8 Å². The first kappa shape index (κ1) is 20.4. The van der Waals surface area contributed by atoms with Gasteiger partial charge in [-0.05, 0) is 44.0 Å². The number of hydrogen-bond acceptors (Lipinski definition) is 4. The van der Waals surface area contributed by atoms with E-state index in [0.29, 0.717) is 13.1 Å². The van der Waals surface area contributed by atoms with Crippen LogP contribution in [0.5, 0.6) is 0 Å². The highest BCUT2D eigenvalue weighted by Gasteiger charge is 2.19. The van der Waals surface area contributed by atoms with Crippen LogP contribution in [0.3, 0.4) is 0 Å². The molecule has 0 fully saturated rings. The second-order valence-electron chi connectivity index (χ2n) is 7.93. The number of nitrogens with zero attached hydrogens (tertiary/aromatic N) is 4. The van der Waals surface area contributed by atoms with E-state index in [4.69, 9.17) is 4.74 Å². The van der Waals surface area contributed by atoms with Crippen molar-refractivity contribution in [2.75, 3.05) is 7.05 Å². The monoisotopic (exact) mass is 394 g/mol. The number of carbonyl (C=O) groups is 1. The normalized spacial score (nSPS) is 11.3. The van der Waals surface area contributed by atoms with Gasteiger partial charge < -0.3 is 9.64 Å². The molecule has 1 amide bonds. The summed E-state index contributed by atoms with van der Waals surface area (Å²) in [6.45, 7) is 6.35. The Kier molecular flexibility index (Phi) is 5.87. The second-order valence-corrected chi connectivity index (χ2v) is 7.93. The lowest BCUT2D eigenvalue weighted by molar-refractivity contribution is 0.0285. The van der Waals surface area contributed by atoms with Crippen LogP contribution in [0.4, 0.5) is 4.79 Å².